The van der Waals surface area contributed by atoms with Gasteiger partial charge < -0.3 is 10.6 Å². The van der Waals surface area contributed by atoms with Gasteiger partial charge in [0.05, 0.1) is 28.4 Å². The SMILES string of the molecule is CC(NC(=O)c1cncc(C(=O)Nc2ccccc2C#N)c1)c1ccccc1. The van der Waals surface area contributed by atoms with Crippen LogP contribution in [0.1, 0.15) is 44.8 Å². The minimum absolute atomic E-state index is 0.186. The van der Waals surface area contributed by atoms with Crippen molar-refractivity contribution in [3.8, 4) is 6.07 Å². The molecule has 0 radical (unpaired) electrons. The molecule has 0 fully saturated rings. The number of benzene rings is 2. The van der Waals surface area contributed by atoms with E-state index in [4.69, 9.17) is 5.26 Å². The van der Waals surface area contributed by atoms with Gasteiger partial charge >= 0.3 is 0 Å². The number of carbonyl (C=O) groups excluding carboxylic acids is 2. The number of anilines is 1. The number of rotatable bonds is 5. The summed E-state index contributed by atoms with van der Waals surface area (Å²) in [6.45, 7) is 1.88. The normalized spacial score (nSPS) is 11.1. The maximum absolute atomic E-state index is 12.5. The van der Waals surface area contributed by atoms with Crippen LogP contribution in [0.25, 0.3) is 0 Å². The number of pyridine rings is 1. The topological polar surface area (TPSA) is 94.9 Å². The summed E-state index contributed by atoms with van der Waals surface area (Å²) in [7, 11) is 0. The minimum Gasteiger partial charge on any atom is -0.345 e. The highest BCUT2D eigenvalue weighted by Crippen LogP contribution is 2.16. The second kappa shape index (κ2) is 8.60. The lowest BCUT2D eigenvalue weighted by Gasteiger charge is -2.14. The minimum atomic E-state index is -0.444. The molecule has 1 unspecified atom stereocenters. The van der Waals surface area contributed by atoms with Crippen molar-refractivity contribution in [2.45, 2.75) is 13.0 Å². The van der Waals surface area contributed by atoms with Crippen LogP contribution in [0.15, 0.2) is 73.1 Å². The molecule has 0 aliphatic carbocycles. The molecule has 1 heterocycles. The van der Waals surface area contributed by atoms with Crippen LogP contribution < -0.4 is 10.6 Å². The number of nitrogens with zero attached hydrogens (tertiary/aromatic N) is 2. The van der Waals surface area contributed by atoms with Crippen LogP contribution in [0, 0.1) is 11.3 Å². The van der Waals surface area contributed by atoms with E-state index in [1.807, 2.05) is 43.3 Å². The van der Waals surface area contributed by atoms with Crippen molar-refractivity contribution in [1.29, 1.82) is 5.26 Å². The van der Waals surface area contributed by atoms with Crippen LogP contribution in [-0.2, 0) is 0 Å². The Kier molecular flexibility index (Phi) is 5.78. The Hall–Kier alpha value is -3.98. The van der Waals surface area contributed by atoms with Gasteiger partial charge in [-0.2, -0.15) is 5.26 Å². The molecule has 1 atom stereocenters. The predicted molar refractivity (Wildman–Crippen MR) is 106 cm³/mol. The molecular formula is C22H18N4O2. The van der Waals surface area contributed by atoms with E-state index >= 15 is 0 Å². The van der Waals surface area contributed by atoms with E-state index in [1.54, 1.807) is 24.3 Å². The predicted octanol–water partition coefficient (Wildman–Crippen LogP) is 3.70. The molecule has 0 aliphatic heterocycles. The first kappa shape index (κ1) is 18.8. The number of para-hydroxylation sites is 1. The summed E-state index contributed by atoms with van der Waals surface area (Å²) in [6.07, 6.45) is 2.79. The van der Waals surface area contributed by atoms with Gasteiger partial charge in [-0.05, 0) is 30.7 Å². The molecule has 0 aliphatic rings. The van der Waals surface area contributed by atoms with Gasteiger partial charge in [0.1, 0.15) is 6.07 Å². The molecule has 2 amide bonds. The highest BCUT2D eigenvalue weighted by molar-refractivity contribution is 6.06. The Morgan fingerprint density at radius 1 is 0.964 bits per heavy atom. The van der Waals surface area contributed by atoms with Crippen LogP contribution in [-0.4, -0.2) is 16.8 Å². The summed E-state index contributed by atoms with van der Waals surface area (Å²) in [5.41, 5.74) is 2.25. The zero-order valence-electron chi connectivity index (χ0n) is 15.2. The van der Waals surface area contributed by atoms with Gasteiger partial charge in [-0.1, -0.05) is 42.5 Å². The largest absolute Gasteiger partial charge is 0.345 e. The molecule has 0 bridgehead atoms. The molecule has 2 aromatic carbocycles. The van der Waals surface area contributed by atoms with Crippen LogP contribution in [0.5, 0.6) is 0 Å². The fourth-order valence-electron chi connectivity index (χ4n) is 2.68. The van der Waals surface area contributed by atoms with Crippen LogP contribution in [0.4, 0.5) is 5.69 Å². The van der Waals surface area contributed by atoms with Gasteiger partial charge in [-0.3, -0.25) is 14.6 Å². The van der Waals surface area contributed by atoms with Gasteiger partial charge in [-0.15, -0.1) is 0 Å². The van der Waals surface area contributed by atoms with Crippen molar-refractivity contribution < 1.29 is 9.59 Å². The lowest BCUT2D eigenvalue weighted by atomic mass is 10.1. The Bertz CT molecular complexity index is 1040. The summed E-state index contributed by atoms with van der Waals surface area (Å²) in [4.78, 5) is 29.0. The van der Waals surface area contributed by atoms with Crippen LogP contribution >= 0.6 is 0 Å². The third-order valence-corrected chi connectivity index (χ3v) is 4.21. The number of hydrogen-bond acceptors (Lipinski definition) is 4. The van der Waals surface area contributed by atoms with Gasteiger partial charge in [0.15, 0.2) is 0 Å². The van der Waals surface area contributed by atoms with Gasteiger partial charge in [0.2, 0.25) is 0 Å². The maximum atomic E-state index is 12.5. The summed E-state index contributed by atoms with van der Waals surface area (Å²) in [6, 6.07) is 19.6. The van der Waals surface area contributed by atoms with Crippen LogP contribution in [0.3, 0.4) is 0 Å². The number of hydrogen-bond donors (Lipinski definition) is 2. The highest BCUT2D eigenvalue weighted by Gasteiger charge is 2.15. The van der Waals surface area contributed by atoms with E-state index in [-0.39, 0.29) is 23.1 Å². The average molecular weight is 370 g/mol. The lowest BCUT2D eigenvalue weighted by molar-refractivity contribution is 0.0939. The molecule has 3 aromatic rings. The van der Waals surface area contributed by atoms with Crippen molar-refractivity contribution >= 4 is 17.5 Å². The number of aromatic nitrogens is 1. The number of carbonyl (C=O) groups is 2. The summed E-state index contributed by atoms with van der Waals surface area (Å²) in [5.74, 6) is -0.767. The van der Waals surface area contributed by atoms with Crippen molar-refractivity contribution in [3.63, 3.8) is 0 Å². The Morgan fingerprint density at radius 3 is 2.32 bits per heavy atom. The first-order chi connectivity index (χ1) is 13.6. The molecule has 6 heteroatoms. The Balaban J connectivity index is 1.73. The zero-order chi connectivity index (χ0) is 19.9. The maximum Gasteiger partial charge on any atom is 0.257 e. The Labute approximate surface area is 162 Å². The van der Waals surface area contributed by atoms with Gasteiger partial charge in [-0.25, -0.2) is 0 Å². The van der Waals surface area contributed by atoms with E-state index < -0.39 is 5.91 Å². The third-order valence-electron chi connectivity index (χ3n) is 4.21. The van der Waals surface area contributed by atoms with E-state index in [1.165, 1.54) is 18.5 Å². The molecule has 6 nitrogen and oxygen atoms in total. The van der Waals surface area contributed by atoms with E-state index in [2.05, 4.69) is 15.6 Å². The second-order valence-electron chi connectivity index (χ2n) is 6.18. The highest BCUT2D eigenvalue weighted by atomic mass is 16.2. The number of amides is 2. The second-order valence-corrected chi connectivity index (χ2v) is 6.18. The fraction of sp³-hybridized carbons (Fsp3) is 0.0909. The quantitative estimate of drug-likeness (QED) is 0.716. The van der Waals surface area contributed by atoms with Crippen molar-refractivity contribution in [1.82, 2.24) is 10.3 Å². The van der Waals surface area contributed by atoms with Gasteiger partial charge in [0.25, 0.3) is 11.8 Å². The molecule has 28 heavy (non-hydrogen) atoms. The summed E-state index contributed by atoms with van der Waals surface area (Å²) in [5, 5.41) is 14.7. The van der Waals surface area contributed by atoms with Crippen molar-refractivity contribution in [3.05, 3.63) is 95.3 Å². The van der Waals surface area contributed by atoms with Crippen molar-refractivity contribution in [2.24, 2.45) is 0 Å². The van der Waals surface area contributed by atoms with E-state index in [9.17, 15) is 9.59 Å². The molecular weight excluding hydrogens is 352 g/mol. The fourth-order valence-corrected chi connectivity index (χ4v) is 2.68. The van der Waals surface area contributed by atoms with Crippen molar-refractivity contribution in [2.75, 3.05) is 5.32 Å². The first-order valence-electron chi connectivity index (χ1n) is 8.70. The number of nitriles is 1. The van der Waals surface area contributed by atoms with Gasteiger partial charge in [0, 0.05) is 12.4 Å². The standard InChI is InChI=1S/C22H18N4O2/c1-15(16-7-3-2-4-8-16)25-21(27)18-11-19(14-24-13-18)22(28)26-20-10-6-5-9-17(20)12-23/h2-11,13-15H,1H3,(H,25,27)(H,26,28). The van der Waals surface area contributed by atoms with E-state index in [0.717, 1.165) is 5.56 Å². The lowest BCUT2D eigenvalue weighted by Crippen LogP contribution is -2.27. The average Bonchev–Trinajstić information content (AvgIpc) is 2.74. The third kappa shape index (κ3) is 4.40. The van der Waals surface area contributed by atoms with E-state index in [0.29, 0.717) is 11.3 Å². The smallest absolute Gasteiger partial charge is 0.257 e. The molecule has 138 valence electrons. The Morgan fingerprint density at radius 2 is 1.61 bits per heavy atom. The molecule has 0 saturated heterocycles. The monoisotopic (exact) mass is 370 g/mol. The number of nitrogens with one attached hydrogen (secondary N) is 2. The summed E-state index contributed by atoms with van der Waals surface area (Å²) < 4.78 is 0. The molecule has 0 spiro atoms. The molecule has 1 aromatic heterocycles. The molecule has 2 N–H and O–H groups in total. The first-order valence-corrected chi connectivity index (χ1v) is 8.70. The molecule has 3 rings (SSSR count). The zero-order valence-corrected chi connectivity index (χ0v) is 15.2. The van der Waals surface area contributed by atoms with Crippen LogP contribution in [0.2, 0.25) is 0 Å². The summed E-state index contributed by atoms with van der Waals surface area (Å²) >= 11 is 0. The molecule has 0 saturated carbocycles.